The maximum atomic E-state index is 2.36. The number of nitrogens with zero attached hydrogens (tertiary/aromatic N) is 1. The molecule has 8 aromatic rings. The van der Waals surface area contributed by atoms with Gasteiger partial charge in [-0.15, -0.1) is 11.3 Å². The maximum absolute atomic E-state index is 2.36. The van der Waals surface area contributed by atoms with Crippen molar-refractivity contribution in [3.05, 3.63) is 152 Å². The highest BCUT2D eigenvalue weighted by molar-refractivity contribution is 7.25. The minimum atomic E-state index is 1.14. The van der Waals surface area contributed by atoms with Crippen molar-refractivity contribution >= 4 is 70.1 Å². The highest BCUT2D eigenvalue weighted by Gasteiger charge is 2.15. The van der Waals surface area contributed by atoms with E-state index in [9.17, 15) is 0 Å². The Hall–Kier alpha value is -4.92. The average Bonchev–Trinajstić information content (AvgIpc) is 3.37. The van der Waals surface area contributed by atoms with Crippen LogP contribution < -0.4 is 4.90 Å². The summed E-state index contributed by atoms with van der Waals surface area (Å²) in [5.41, 5.74) is 5.92. The van der Waals surface area contributed by atoms with Crippen LogP contribution in [0.5, 0.6) is 0 Å². The number of thiophene rings is 1. The molecule has 1 aromatic heterocycles. The molecule has 0 unspecified atom stereocenters. The number of anilines is 3. The average molecular weight is 528 g/mol. The van der Waals surface area contributed by atoms with Crippen LogP contribution in [0.3, 0.4) is 0 Å². The summed E-state index contributed by atoms with van der Waals surface area (Å²) in [7, 11) is 0. The molecule has 0 bridgehead atoms. The summed E-state index contributed by atoms with van der Waals surface area (Å²) in [4.78, 5) is 2.36. The summed E-state index contributed by atoms with van der Waals surface area (Å²) >= 11 is 1.87. The summed E-state index contributed by atoms with van der Waals surface area (Å²) < 4.78 is 2.64. The molecule has 0 saturated carbocycles. The first-order chi connectivity index (χ1) is 19.8. The van der Waals surface area contributed by atoms with Crippen molar-refractivity contribution in [1.29, 1.82) is 0 Å². The Balaban J connectivity index is 1.27. The molecular formula is C38H25NS. The lowest BCUT2D eigenvalue weighted by Gasteiger charge is -2.26. The summed E-state index contributed by atoms with van der Waals surface area (Å²) in [5, 5.41) is 7.73. The SMILES string of the molecule is c1ccc(N(c2ccc(-c3cccc4ccccc34)cc2)c2ccc3sc4cc5ccccc5cc4c3c2)cc1. The molecule has 0 aliphatic rings. The van der Waals surface area contributed by atoms with E-state index in [1.165, 1.54) is 52.8 Å². The van der Waals surface area contributed by atoms with Crippen LogP contribution in [0.4, 0.5) is 17.1 Å². The first-order valence-electron chi connectivity index (χ1n) is 13.6. The van der Waals surface area contributed by atoms with E-state index in [1.807, 2.05) is 11.3 Å². The smallest absolute Gasteiger partial charge is 0.0468 e. The van der Waals surface area contributed by atoms with E-state index in [0.717, 1.165) is 17.1 Å². The van der Waals surface area contributed by atoms with Gasteiger partial charge < -0.3 is 4.90 Å². The lowest BCUT2D eigenvalue weighted by Crippen LogP contribution is -2.09. The third kappa shape index (κ3) is 3.85. The largest absolute Gasteiger partial charge is 0.310 e. The van der Waals surface area contributed by atoms with E-state index in [-0.39, 0.29) is 0 Å². The fraction of sp³-hybridized carbons (Fsp3) is 0. The van der Waals surface area contributed by atoms with E-state index in [1.54, 1.807) is 0 Å². The van der Waals surface area contributed by atoms with Gasteiger partial charge in [-0.3, -0.25) is 0 Å². The highest BCUT2D eigenvalue weighted by Crippen LogP contribution is 2.42. The van der Waals surface area contributed by atoms with Crippen LogP contribution >= 0.6 is 11.3 Å². The Morgan fingerprint density at radius 1 is 0.375 bits per heavy atom. The van der Waals surface area contributed by atoms with E-state index in [4.69, 9.17) is 0 Å². The second-order valence-corrected chi connectivity index (χ2v) is 11.3. The lowest BCUT2D eigenvalue weighted by atomic mass is 9.98. The number of para-hydroxylation sites is 1. The lowest BCUT2D eigenvalue weighted by molar-refractivity contribution is 1.29. The molecule has 8 rings (SSSR count). The predicted octanol–water partition coefficient (Wildman–Crippen LogP) is 11.5. The van der Waals surface area contributed by atoms with E-state index >= 15 is 0 Å². The second-order valence-electron chi connectivity index (χ2n) is 10.2. The zero-order valence-electron chi connectivity index (χ0n) is 21.8. The third-order valence-electron chi connectivity index (χ3n) is 7.82. The molecule has 7 aromatic carbocycles. The number of fused-ring (bicyclic) bond motifs is 5. The zero-order valence-corrected chi connectivity index (χ0v) is 22.6. The molecule has 0 radical (unpaired) electrons. The number of rotatable bonds is 4. The fourth-order valence-electron chi connectivity index (χ4n) is 5.88. The van der Waals surface area contributed by atoms with Gasteiger partial charge in [-0.1, -0.05) is 97.1 Å². The highest BCUT2D eigenvalue weighted by atomic mass is 32.1. The van der Waals surface area contributed by atoms with Crippen LogP contribution in [-0.4, -0.2) is 0 Å². The zero-order chi connectivity index (χ0) is 26.5. The van der Waals surface area contributed by atoms with Crippen molar-refractivity contribution in [2.45, 2.75) is 0 Å². The molecule has 1 nitrogen and oxygen atoms in total. The van der Waals surface area contributed by atoms with Crippen molar-refractivity contribution in [2.24, 2.45) is 0 Å². The minimum Gasteiger partial charge on any atom is -0.310 e. The number of benzene rings is 7. The Morgan fingerprint density at radius 2 is 1.00 bits per heavy atom. The molecule has 0 aliphatic heterocycles. The van der Waals surface area contributed by atoms with Crippen molar-refractivity contribution in [2.75, 3.05) is 4.90 Å². The predicted molar refractivity (Wildman–Crippen MR) is 174 cm³/mol. The van der Waals surface area contributed by atoms with Crippen LogP contribution in [-0.2, 0) is 0 Å². The van der Waals surface area contributed by atoms with Gasteiger partial charge in [-0.05, 0) is 87.3 Å². The van der Waals surface area contributed by atoms with Gasteiger partial charge >= 0.3 is 0 Å². The van der Waals surface area contributed by atoms with Gasteiger partial charge in [0.05, 0.1) is 0 Å². The van der Waals surface area contributed by atoms with Crippen LogP contribution in [0.25, 0.3) is 52.8 Å². The normalized spacial score (nSPS) is 11.5. The van der Waals surface area contributed by atoms with Crippen molar-refractivity contribution in [3.8, 4) is 11.1 Å². The van der Waals surface area contributed by atoms with Gasteiger partial charge in [0.1, 0.15) is 0 Å². The Kier molecular flexibility index (Phi) is 5.39. The van der Waals surface area contributed by atoms with Gasteiger partial charge in [0.15, 0.2) is 0 Å². The van der Waals surface area contributed by atoms with Crippen LogP contribution in [0.15, 0.2) is 152 Å². The Labute approximate surface area is 237 Å². The quantitative estimate of drug-likeness (QED) is 0.220. The van der Waals surface area contributed by atoms with Crippen molar-refractivity contribution < 1.29 is 0 Å². The van der Waals surface area contributed by atoms with Crippen LogP contribution in [0, 0.1) is 0 Å². The van der Waals surface area contributed by atoms with E-state index < -0.39 is 0 Å². The first-order valence-corrected chi connectivity index (χ1v) is 14.4. The molecular weight excluding hydrogens is 502 g/mol. The molecule has 1 heterocycles. The first kappa shape index (κ1) is 23.0. The molecule has 0 spiro atoms. The topological polar surface area (TPSA) is 3.24 Å². The molecule has 40 heavy (non-hydrogen) atoms. The molecule has 0 aliphatic carbocycles. The number of hydrogen-bond donors (Lipinski definition) is 0. The fourth-order valence-corrected chi connectivity index (χ4v) is 7.00. The Morgan fingerprint density at radius 3 is 1.82 bits per heavy atom. The molecule has 0 N–H and O–H groups in total. The van der Waals surface area contributed by atoms with E-state index in [0.29, 0.717) is 0 Å². The summed E-state index contributed by atoms with van der Waals surface area (Å²) in [6, 6.07) is 55.0. The van der Waals surface area contributed by atoms with Gasteiger partial charge in [0.2, 0.25) is 0 Å². The van der Waals surface area contributed by atoms with Gasteiger partial charge in [-0.2, -0.15) is 0 Å². The number of hydrogen-bond acceptors (Lipinski definition) is 2. The maximum Gasteiger partial charge on any atom is 0.0468 e. The molecule has 188 valence electrons. The summed E-state index contributed by atoms with van der Waals surface area (Å²) in [5.74, 6) is 0. The monoisotopic (exact) mass is 527 g/mol. The second kappa shape index (κ2) is 9.37. The molecule has 0 atom stereocenters. The molecule has 0 saturated heterocycles. The van der Waals surface area contributed by atoms with E-state index in [2.05, 4.69) is 157 Å². The van der Waals surface area contributed by atoms with Gasteiger partial charge in [-0.25, -0.2) is 0 Å². The van der Waals surface area contributed by atoms with Crippen LogP contribution in [0.1, 0.15) is 0 Å². The van der Waals surface area contributed by atoms with Crippen LogP contribution in [0.2, 0.25) is 0 Å². The molecule has 0 amide bonds. The summed E-state index contributed by atoms with van der Waals surface area (Å²) in [6.45, 7) is 0. The van der Waals surface area contributed by atoms with Gasteiger partial charge in [0.25, 0.3) is 0 Å². The molecule has 0 fully saturated rings. The minimum absolute atomic E-state index is 1.14. The van der Waals surface area contributed by atoms with Crippen molar-refractivity contribution in [3.63, 3.8) is 0 Å². The molecule has 2 heteroatoms. The summed E-state index contributed by atoms with van der Waals surface area (Å²) in [6.07, 6.45) is 0. The third-order valence-corrected chi connectivity index (χ3v) is 8.95. The van der Waals surface area contributed by atoms with Crippen molar-refractivity contribution in [1.82, 2.24) is 0 Å². The standard InChI is InChI=1S/C38H25NS/c1-2-13-30(14-3-1)39(31-19-17-27(18-20-31)34-16-8-12-26-9-6-7-15-33(26)34)32-21-22-37-36(25-32)35-23-28-10-4-5-11-29(28)24-38(35)40-37/h1-25H. The Bertz CT molecular complexity index is 2150. The van der Waals surface area contributed by atoms with Gasteiger partial charge in [0, 0.05) is 37.2 Å².